The Balaban J connectivity index is 2.28. The Morgan fingerprint density at radius 1 is 1.19 bits per heavy atom. The van der Waals surface area contributed by atoms with Gasteiger partial charge in [0.15, 0.2) is 0 Å². The molecule has 0 unspecified atom stereocenters. The maximum atomic E-state index is 11.9. The first-order valence-corrected chi connectivity index (χ1v) is 6.80. The molecule has 0 saturated carbocycles. The van der Waals surface area contributed by atoms with E-state index in [-0.39, 0.29) is 23.4 Å². The van der Waals surface area contributed by atoms with Gasteiger partial charge in [-0.15, -0.1) is 0 Å². The second kappa shape index (κ2) is 5.87. The van der Waals surface area contributed by atoms with Crippen molar-refractivity contribution in [2.75, 3.05) is 5.32 Å². The molecule has 6 nitrogen and oxygen atoms in total. The van der Waals surface area contributed by atoms with Crippen molar-refractivity contribution >= 4 is 5.82 Å². The lowest BCUT2D eigenvalue weighted by molar-refractivity contribution is 0.474. The highest BCUT2D eigenvalue weighted by Gasteiger charge is 2.10. The van der Waals surface area contributed by atoms with Crippen LogP contribution in [0.1, 0.15) is 38.4 Å². The van der Waals surface area contributed by atoms with Gasteiger partial charge in [0.05, 0.1) is 6.04 Å². The van der Waals surface area contributed by atoms with E-state index in [0.717, 1.165) is 10.1 Å². The third-order valence-electron chi connectivity index (χ3n) is 3.22. The lowest BCUT2D eigenvalue weighted by atomic mass is 10.1. The molecule has 1 aromatic carbocycles. The highest BCUT2D eigenvalue weighted by Crippen LogP contribution is 2.20. The summed E-state index contributed by atoms with van der Waals surface area (Å²) in [6.45, 7) is 5.43. The van der Waals surface area contributed by atoms with E-state index in [9.17, 15) is 14.7 Å². The Morgan fingerprint density at radius 3 is 2.48 bits per heavy atom. The van der Waals surface area contributed by atoms with Gasteiger partial charge in [-0.05, 0) is 38.5 Å². The second-order valence-electron chi connectivity index (χ2n) is 5.25. The zero-order valence-corrected chi connectivity index (χ0v) is 12.3. The van der Waals surface area contributed by atoms with E-state index in [4.69, 9.17) is 0 Å². The molecular weight excluding hydrogens is 270 g/mol. The number of anilines is 1. The van der Waals surface area contributed by atoms with Crippen LogP contribution >= 0.6 is 0 Å². The summed E-state index contributed by atoms with van der Waals surface area (Å²) in [7, 11) is 0. The van der Waals surface area contributed by atoms with E-state index < -0.39 is 5.69 Å². The van der Waals surface area contributed by atoms with Crippen molar-refractivity contribution in [3.63, 3.8) is 0 Å². The Hall–Kier alpha value is -2.50. The smallest absolute Gasteiger partial charge is 0.330 e. The number of aromatic amines is 1. The fourth-order valence-corrected chi connectivity index (χ4v) is 2.18. The number of aromatic hydroxyl groups is 1. The van der Waals surface area contributed by atoms with Crippen LogP contribution in [0.15, 0.2) is 39.9 Å². The van der Waals surface area contributed by atoms with Crippen LogP contribution in [-0.4, -0.2) is 14.7 Å². The SMILES string of the molecule is CC(C)n1c(=O)cc(N[C@@H](C)c2cccc(O)c2)[nH]c1=O. The van der Waals surface area contributed by atoms with Crippen molar-refractivity contribution in [2.45, 2.75) is 32.9 Å². The quantitative estimate of drug-likeness (QED) is 0.803. The fraction of sp³-hybridized carbons (Fsp3) is 0.333. The molecule has 0 amide bonds. The average molecular weight is 289 g/mol. The van der Waals surface area contributed by atoms with E-state index in [1.54, 1.807) is 32.0 Å². The zero-order chi connectivity index (χ0) is 15.6. The number of benzene rings is 1. The number of hydrogen-bond acceptors (Lipinski definition) is 4. The molecule has 0 aliphatic carbocycles. The highest BCUT2D eigenvalue weighted by atomic mass is 16.3. The van der Waals surface area contributed by atoms with Gasteiger partial charge in [-0.2, -0.15) is 0 Å². The zero-order valence-electron chi connectivity index (χ0n) is 12.3. The Bertz CT molecular complexity index is 715. The van der Waals surface area contributed by atoms with Crippen molar-refractivity contribution in [2.24, 2.45) is 0 Å². The van der Waals surface area contributed by atoms with Crippen LogP contribution in [0, 0.1) is 0 Å². The predicted molar refractivity (Wildman–Crippen MR) is 81.9 cm³/mol. The van der Waals surface area contributed by atoms with Crippen molar-refractivity contribution in [1.29, 1.82) is 0 Å². The van der Waals surface area contributed by atoms with Crippen LogP contribution in [0.2, 0.25) is 0 Å². The van der Waals surface area contributed by atoms with Crippen molar-refractivity contribution in [1.82, 2.24) is 9.55 Å². The molecule has 2 aromatic rings. The average Bonchev–Trinajstić information content (AvgIpc) is 2.37. The van der Waals surface area contributed by atoms with E-state index in [1.165, 1.54) is 6.07 Å². The first-order chi connectivity index (χ1) is 9.88. The normalized spacial score (nSPS) is 12.4. The molecule has 21 heavy (non-hydrogen) atoms. The number of rotatable bonds is 4. The molecule has 112 valence electrons. The number of aromatic nitrogens is 2. The molecule has 0 radical (unpaired) electrons. The molecule has 3 N–H and O–H groups in total. The molecule has 0 bridgehead atoms. The number of nitrogens with zero attached hydrogens (tertiary/aromatic N) is 1. The molecule has 2 rings (SSSR count). The third kappa shape index (κ3) is 3.34. The van der Waals surface area contributed by atoms with Gasteiger partial charge in [0.25, 0.3) is 5.56 Å². The lowest BCUT2D eigenvalue weighted by Crippen LogP contribution is -2.36. The summed E-state index contributed by atoms with van der Waals surface area (Å²) in [6, 6.07) is 7.81. The number of H-pyrrole nitrogens is 1. The van der Waals surface area contributed by atoms with Crippen molar-refractivity contribution < 1.29 is 5.11 Å². The summed E-state index contributed by atoms with van der Waals surface area (Å²) < 4.78 is 1.16. The minimum absolute atomic E-state index is 0.165. The van der Waals surface area contributed by atoms with E-state index in [2.05, 4.69) is 10.3 Å². The van der Waals surface area contributed by atoms with E-state index >= 15 is 0 Å². The molecule has 1 atom stereocenters. The number of hydrogen-bond donors (Lipinski definition) is 3. The number of nitrogens with one attached hydrogen (secondary N) is 2. The molecule has 0 spiro atoms. The molecule has 0 aliphatic heterocycles. The Morgan fingerprint density at radius 2 is 1.90 bits per heavy atom. The van der Waals surface area contributed by atoms with Gasteiger partial charge in [-0.1, -0.05) is 12.1 Å². The van der Waals surface area contributed by atoms with Crippen LogP contribution < -0.4 is 16.6 Å². The van der Waals surface area contributed by atoms with Gasteiger partial charge in [-0.3, -0.25) is 14.3 Å². The van der Waals surface area contributed by atoms with Gasteiger partial charge in [0.1, 0.15) is 11.6 Å². The highest BCUT2D eigenvalue weighted by molar-refractivity contribution is 5.38. The lowest BCUT2D eigenvalue weighted by Gasteiger charge is -2.16. The molecule has 0 saturated heterocycles. The van der Waals surface area contributed by atoms with Crippen molar-refractivity contribution in [3.05, 3.63) is 56.7 Å². The number of phenols is 1. The second-order valence-corrected chi connectivity index (χ2v) is 5.25. The van der Waals surface area contributed by atoms with Gasteiger partial charge in [0.2, 0.25) is 0 Å². The summed E-state index contributed by atoms with van der Waals surface area (Å²) in [5, 5.41) is 12.5. The van der Waals surface area contributed by atoms with Crippen LogP contribution in [0.5, 0.6) is 5.75 Å². The van der Waals surface area contributed by atoms with Crippen LogP contribution in [0.4, 0.5) is 5.82 Å². The van der Waals surface area contributed by atoms with Gasteiger partial charge in [0, 0.05) is 12.1 Å². The Labute approximate surface area is 122 Å². The molecule has 0 fully saturated rings. The van der Waals surface area contributed by atoms with Gasteiger partial charge in [-0.25, -0.2) is 4.79 Å². The topological polar surface area (TPSA) is 87.1 Å². The molecular formula is C15H19N3O3. The molecule has 1 heterocycles. The minimum atomic E-state index is -0.442. The van der Waals surface area contributed by atoms with E-state index in [1.807, 2.05) is 13.0 Å². The first kappa shape index (κ1) is 14.9. The van der Waals surface area contributed by atoms with Gasteiger partial charge < -0.3 is 10.4 Å². The maximum Gasteiger partial charge on any atom is 0.330 e. The maximum absolute atomic E-state index is 11.9. The predicted octanol–water partition coefficient (Wildman–Crippen LogP) is 2.00. The monoisotopic (exact) mass is 289 g/mol. The summed E-state index contributed by atoms with van der Waals surface area (Å²) in [4.78, 5) is 26.5. The third-order valence-corrected chi connectivity index (χ3v) is 3.22. The van der Waals surface area contributed by atoms with Crippen LogP contribution in [0.3, 0.4) is 0 Å². The summed E-state index contributed by atoms with van der Waals surface area (Å²) in [5.74, 6) is 0.530. The van der Waals surface area contributed by atoms with Crippen molar-refractivity contribution in [3.8, 4) is 5.75 Å². The van der Waals surface area contributed by atoms with Crippen LogP contribution in [-0.2, 0) is 0 Å². The Kier molecular flexibility index (Phi) is 4.16. The standard InChI is InChI=1S/C15H19N3O3/c1-9(2)18-14(20)8-13(17-15(18)21)16-10(3)11-5-4-6-12(19)7-11/h4-10,16,19H,1-3H3,(H,17,21)/t10-/m0/s1. The first-order valence-electron chi connectivity index (χ1n) is 6.80. The summed E-state index contributed by atoms with van der Waals surface area (Å²) in [6.07, 6.45) is 0. The summed E-state index contributed by atoms with van der Waals surface area (Å²) >= 11 is 0. The minimum Gasteiger partial charge on any atom is -0.508 e. The summed E-state index contributed by atoms with van der Waals surface area (Å²) in [5.41, 5.74) is 0.0614. The molecule has 0 aliphatic rings. The number of phenolic OH excluding ortho intramolecular Hbond substituents is 1. The van der Waals surface area contributed by atoms with Crippen LogP contribution in [0.25, 0.3) is 0 Å². The van der Waals surface area contributed by atoms with Gasteiger partial charge >= 0.3 is 5.69 Å². The molecule has 1 aromatic heterocycles. The molecule has 6 heteroatoms. The largest absolute Gasteiger partial charge is 0.508 e. The fourth-order valence-electron chi connectivity index (χ4n) is 2.18. The van der Waals surface area contributed by atoms with E-state index in [0.29, 0.717) is 5.82 Å².